The van der Waals surface area contributed by atoms with Crippen LogP contribution in [0.1, 0.15) is 11.6 Å². The molecular weight excluding hydrogens is 335 g/mol. The highest BCUT2D eigenvalue weighted by molar-refractivity contribution is 6.42. The number of rotatable bonds is 2. The molecule has 0 saturated carbocycles. The number of fused-ring (bicyclic) bond motifs is 1. The van der Waals surface area contributed by atoms with Crippen LogP contribution in [-0.2, 0) is 0 Å². The molecule has 23 heavy (non-hydrogen) atoms. The Morgan fingerprint density at radius 1 is 1.22 bits per heavy atom. The van der Waals surface area contributed by atoms with E-state index in [9.17, 15) is 4.79 Å². The molecule has 2 amide bonds. The minimum absolute atomic E-state index is 0.166. The Hall–Kier alpha value is -2.24. The Kier molecular flexibility index (Phi) is 3.39. The zero-order valence-electron chi connectivity index (χ0n) is 11.9. The molecule has 7 heteroatoms. The van der Waals surface area contributed by atoms with E-state index in [4.69, 9.17) is 23.2 Å². The molecule has 1 unspecified atom stereocenters. The van der Waals surface area contributed by atoms with Gasteiger partial charge >= 0.3 is 6.03 Å². The van der Waals surface area contributed by atoms with Gasteiger partial charge in [-0.2, -0.15) is 0 Å². The first-order chi connectivity index (χ1) is 11.1. The minimum atomic E-state index is -0.218. The largest absolute Gasteiger partial charge is 0.345 e. The fourth-order valence-corrected chi connectivity index (χ4v) is 3.33. The number of anilines is 1. The van der Waals surface area contributed by atoms with E-state index >= 15 is 0 Å². The van der Waals surface area contributed by atoms with E-state index in [0.717, 1.165) is 22.3 Å². The van der Waals surface area contributed by atoms with E-state index < -0.39 is 0 Å². The molecule has 2 aromatic carbocycles. The van der Waals surface area contributed by atoms with E-state index in [2.05, 4.69) is 15.3 Å². The molecule has 116 valence electrons. The summed E-state index contributed by atoms with van der Waals surface area (Å²) in [7, 11) is 0. The lowest BCUT2D eigenvalue weighted by atomic mass is 10.1. The summed E-state index contributed by atoms with van der Waals surface area (Å²) in [5, 5.41) is 3.81. The number of hydrogen-bond donors (Lipinski definition) is 2. The van der Waals surface area contributed by atoms with Crippen molar-refractivity contribution < 1.29 is 4.79 Å². The van der Waals surface area contributed by atoms with Crippen LogP contribution < -0.4 is 10.2 Å². The maximum absolute atomic E-state index is 12.3. The van der Waals surface area contributed by atoms with Gasteiger partial charge in [0.1, 0.15) is 0 Å². The van der Waals surface area contributed by atoms with E-state index in [-0.39, 0.29) is 12.1 Å². The quantitative estimate of drug-likeness (QED) is 0.732. The molecular formula is C16H12Cl2N4O. The van der Waals surface area contributed by atoms with Crippen LogP contribution in [0.5, 0.6) is 0 Å². The van der Waals surface area contributed by atoms with Crippen molar-refractivity contribution in [2.45, 2.75) is 6.04 Å². The topological polar surface area (TPSA) is 61.0 Å². The number of urea groups is 1. The van der Waals surface area contributed by atoms with Gasteiger partial charge in [-0.15, -0.1) is 0 Å². The zero-order valence-corrected chi connectivity index (χ0v) is 13.4. The molecule has 0 bridgehead atoms. The predicted octanol–water partition coefficient (Wildman–Crippen LogP) is 4.14. The van der Waals surface area contributed by atoms with Gasteiger partial charge in [0.25, 0.3) is 0 Å². The van der Waals surface area contributed by atoms with Gasteiger partial charge in [-0.05, 0) is 29.8 Å². The number of amides is 2. The summed E-state index contributed by atoms with van der Waals surface area (Å²) in [5.41, 5.74) is 3.31. The number of H-pyrrole nitrogens is 1. The second-order valence-electron chi connectivity index (χ2n) is 5.32. The van der Waals surface area contributed by atoms with Crippen molar-refractivity contribution in [2.75, 3.05) is 11.4 Å². The minimum Gasteiger partial charge on any atom is -0.345 e. The molecule has 4 rings (SSSR count). The van der Waals surface area contributed by atoms with Gasteiger partial charge < -0.3 is 10.3 Å². The van der Waals surface area contributed by atoms with Crippen LogP contribution in [-0.4, -0.2) is 22.5 Å². The van der Waals surface area contributed by atoms with Crippen LogP contribution in [0.3, 0.4) is 0 Å². The van der Waals surface area contributed by atoms with Crippen molar-refractivity contribution in [1.29, 1.82) is 0 Å². The van der Waals surface area contributed by atoms with Gasteiger partial charge in [0, 0.05) is 12.2 Å². The van der Waals surface area contributed by atoms with Gasteiger partial charge in [0.2, 0.25) is 0 Å². The second-order valence-corrected chi connectivity index (χ2v) is 6.10. The average Bonchev–Trinajstić information content (AvgIpc) is 3.15. The predicted molar refractivity (Wildman–Crippen MR) is 91.2 cm³/mol. The van der Waals surface area contributed by atoms with Gasteiger partial charge in [-0.3, -0.25) is 4.90 Å². The molecule has 2 heterocycles. The number of nitrogens with one attached hydrogen (secondary N) is 2. The van der Waals surface area contributed by atoms with E-state index in [1.807, 2.05) is 30.3 Å². The fraction of sp³-hybridized carbons (Fsp3) is 0.125. The van der Waals surface area contributed by atoms with Crippen molar-refractivity contribution in [2.24, 2.45) is 0 Å². The number of imidazole rings is 1. The van der Waals surface area contributed by atoms with E-state index in [1.165, 1.54) is 0 Å². The summed E-state index contributed by atoms with van der Waals surface area (Å²) < 4.78 is 0. The smallest absolute Gasteiger partial charge is 0.322 e. The van der Waals surface area contributed by atoms with Crippen molar-refractivity contribution in [1.82, 2.24) is 15.3 Å². The highest BCUT2D eigenvalue weighted by Crippen LogP contribution is 2.37. The highest BCUT2D eigenvalue weighted by Gasteiger charge is 2.34. The van der Waals surface area contributed by atoms with Crippen LogP contribution in [0, 0.1) is 0 Å². The number of carbonyl (C=O) groups is 1. The third-order valence-electron chi connectivity index (χ3n) is 4.00. The first-order valence-corrected chi connectivity index (χ1v) is 7.85. The lowest BCUT2D eigenvalue weighted by Gasteiger charge is -2.24. The number of carbonyl (C=O) groups excluding carboxylic acids is 1. The molecule has 1 saturated heterocycles. The van der Waals surface area contributed by atoms with E-state index in [0.29, 0.717) is 16.6 Å². The average molecular weight is 347 g/mol. The highest BCUT2D eigenvalue weighted by atomic mass is 35.5. The number of nitrogens with zero attached hydrogens (tertiary/aromatic N) is 2. The molecule has 0 aliphatic carbocycles. The SMILES string of the molecule is O=C1NCC(c2cccc(Cl)c2Cl)N1c1ccc2[nH]cnc2c1. The lowest BCUT2D eigenvalue weighted by Crippen LogP contribution is -2.29. The standard InChI is InChI=1S/C16H12Cl2N4O/c17-11-3-1-2-10(15(11)18)14-7-19-16(23)22(14)9-4-5-12-13(6-9)21-8-20-12/h1-6,8,14H,7H2,(H,19,23)(H,20,21). The van der Waals surface area contributed by atoms with Crippen LogP contribution in [0.4, 0.5) is 10.5 Å². The summed E-state index contributed by atoms with van der Waals surface area (Å²) in [6, 6.07) is 10.7. The summed E-state index contributed by atoms with van der Waals surface area (Å²) in [5.74, 6) is 0. The third-order valence-corrected chi connectivity index (χ3v) is 4.83. The summed E-state index contributed by atoms with van der Waals surface area (Å²) in [4.78, 5) is 21.3. The molecule has 0 spiro atoms. The zero-order chi connectivity index (χ0) is 16.0. The molecule has 0 radical (unpaired) electrons. The van der Waals surface area contributed by atoms with E-state index in [1.54, 1.807) is 17.3 Å². The molecule has 5 nitrogen and oxygen atoms in total. The number of aromatic amines is 1. The Morgan fingerprint density at radius 2 is 2.09 bits per heavy atom. The molecule has 1 atom stereocenters. The van der Waals surface area contributed by atoms with Crippen molar-refractivity contribution in [3.8, 4) is 0 Å². The maximum Gasteiger partial charge on any atom is 0.322 e. The van der Waals surface area contributed by atoms with Crippen molar-refractivity contribution >= 4 is 46.0 Å². The van der Waals surface area contributed by atoms with Gasteiger partial charge in [0.05, 0.1) is 33.4 Å². The summed E-state index contributed by atoms with van der Waals surface area (Å²) in [6.45, 7) is 0.470. The second kappa shape index (κ2) is 5.44. The number of aromatic nitrogens is 2. The lowest BCUT2D eigenvalue weighted by molar-refractivity contribution is 0.251. The fourth-order valence-electron chi connectivity index (χ4n) is 2.90. The molecule has 1 aliphatic heterocycles. The molecule has 1 aliphatic rings. The monoisotopic (exact) mass is 346 g/mol. The maximum atomic E-state index is 12.3. The van der Waals surface area contributed by atoms with Crippen LogP contribution >= 0.6 is 23.2 Å². The van der Waals surface area contributed by atoms with Gasteiger partial charge in [-0.25, -0.2) is 9.78 Å². The Balaban J connectivity index is 1.81. The number of halogens is 2. The van der Waals surface area contributed by atoms with Gasteiger partial charge in [0.15, 0.2) is 0 Å². The Bertz CT molecular complexity index is 908. The Morgan fingerprint density at radius 3 is 2.96 bits per heavy atom. The first kappa shape index (κ1) is 14.4. The molecule has 1 aromatic heterocycles. The van der Waals surface area contributed by atoms with Crippen LogP contribution in [0.25, 0.3) is 11.0 Å². The molecule has 1 fully saturated rings. The Labute approximate surface area is 142 Å². The normalized spacial score (nSPS) is 17.7. The molecule has 3 aromatic rings. The van der Waals surface area contributed by atoms with Gasteiger partial charge in [-0.1, -0.05) is 35.3 Å². The third kappa shape index (κ3) is 2.33. The molecule has 2 N–H and O–H groups in total. The number of hydrogen-bond acceptors (Lipinski definition) is 2. The van der Waals surface area contributed by atoms with Crippen LogP contribution in [0.2, 0.25) is 10.0 Å². The van der Waals surface area contributed by atoms with Crippen molar-refractivity contribution in [3.63, 3.8) is 0 Å². The van der Waals surface area contributed by atoms with Crippen LogP contribution in [0.15, 0.2) is 42.7 Å². The first-order valence-electron chi connectivity index (χ1n) is 7.09. The van der Waals surface area contributed by atoms with Crippen molar-refractivity contribution in [3.05, 3.63) is 58.3 Å². The number of benzene rings is 2. The summed E-state index contributed by atoms with van der Waals surface area (Å²) >= 11 is 12.5. The summed E-state index contributed by atoms with van der Waals surface area (Å²) in [6.07, 6.45) is 1.63.